The number of carbonyl (C=O) groups is 1. The number of ether oxygens (including phenoxy) is 1. The predicted molar refractivity (Wildman–Crippen MR) is 104 cm³/mol. The maximum Gasteiger partial charge on any atom is 0.223 e. The van der Waals surface area contributed by atoms with Gasteiger partial charge in [0.25, 0.3) is 0 Å². The molecule has 25 heavy (non-hydrogen) atoms. The van der Waals surface area contributed by atoms with Crippen LogP contribution in [0.2, 0.25) is 0 Å². The first-order chi connectivity index (χ1) is 12.3. The first-order valence-corrected chi connectivity index (χ1v) is 10.6. The molecule has 2 saturated heterocycles. The summed E-state index contributed by atoms with van der Waals surface area (Å²) >= 11 is 2.01. The minimum Gasteiger partial charge on any atom is -0.497 e. The Bertz CT molecular complexity index is 543. The van der Waals surface area contributed by atoms with Gasteiger partial charge in [-0.15, -0.1) is 0 Å². The van der Waals surface area contributed by atoms with E-state index in [1.807, 2.05) is 23.9 Å². The summed E-state index contributed by atoms with van der Waals surface area (Å²) in [6, 6.07) is 8.45. The van der Waals surface area contributed by atoms with Gasteiger partial charge in [0.15, 0.2) is 0 Å². The molecule has 0 saturated carbocycles. The summed E-state index contributed by atoms with van der Waals surface area (Å²) in [6.07, 6.45) is 5.16. The third-order valence-corrected chi connectivity index (χ3v) is 6.41. The Labute approximate surface area is 155 Å². The van der Waals surface area contributed by atoms with Crippen molar-refractivity contribution in [3.63, 3.8) is 0 Å². The van der Waals surface area contributed by atoms with Gasteiger partial charge in [-0.3, -0.25) is 4.79 Å². The highest BCUT2D eigenvalue weighted by atomic mass is 32.2. The van der Waals surface area contributed by atoms with E-state index >= 15 is 0 Å². The van der Waals surface area contributed by atoms with Crippen LogP contribution in [0.25, 0.3) is 0 Å². The average Bonchev–Trinajstić information content (AvgIpc) is 3.04. The van der Waals surface area contributed by atoms with E-state index in [1.54, 1.807) is 7.11 Å². The van der Waals surface area contributed by atoms with Crippen LogP contribution in [0.3, 0.4) is 0 Å². The molecule has 2 fully saturated rings. The van der Waals surface area contributed by atoms with Gasteiger partial charge >= 0.3 is 0 Å². The van der Waals surface area contributed by atoms with Gasteiger partial charge in [0.2, 0.25) is 5.91 Å². The smallest absolute Gasteiger partial charge is 0.223 e. The molecule has 5 heteroatoms. The summed E-state index contributed by atoms with van der Waals surface area (Å²) in [5.41, 5.74) is 1.20. The van der Waals surface area contributed by atoms with Crippen LogP contribution >= 0.6 is 11.8 Å². The Balaban J connectivity index is 1.56. The lowest BCUT2D eigenvalue weighted by molar-refractivity contribution is -0.133. The summed E-state index contributed by atoms with van der Waals surface area (Å²) < 4.78 is 5.20. The number of rotatable bonds is 6. The second kappa shape index (κ2) is 9.48. The molecule has 2 heterocycles. The van der Waals surface area contributed by atoms with Crippen molar-refractivity contribution in [2.75, 3.05) is 44.8 Å². The summed E-state index contributed by atoms with van der Waals surface area (Å²) in [7, 11) is 1.68. The second-order valence-corrected chi connectivity index (χ2v) is 8.18. The zero-order chi connectivity index (χ0) is 17.5. The molecule has 0 N–H and O–H groups in total. The van der Waals surface area contributed by atoms with E-state index in [0.29, 0.717) is 18.4 Å². The first-order valence-electron chi connectivity index (χ1n) is 9.49. The van der Waals surface area contributed by atoms with Crippen molar-refractivity contribution in [3.05, 3.63) is 29.8 Å². The SMILES string of the molecule is COc1ccc(CCC(=O)N2CCCSCC2CN2CCCC2)cc1. The molecule has 0 spiro atoms. The Kier molecular flexibility index (Phi) is 7.05. The van der Waals surface area contributed by atoms with E-state index < -0.39 is 0 Å². The number of thioether (sulfide) groups is 1. The molecule has 4 nitrogen and oxygen atoms in total. The Morgan fingerprint density at radius 1 is 1.16 bits per heavy atom. The van der Waals surface area contributed by atoms with Crippen molar-refractivity contribution in [1.29, 1.82) is 0 Å². The molecule has 2 aliphatic heterocycles. The molecular weight excluding hydrogens is 332 g/mol. The molecule has 2 aliphatic rings. The summed E-state index contributed by atoms with van der Waals surface area (Å²) in [5, 5.41) is 0. The number of aryl methyl sites for hydroxylation is 1. The Morgan fingerprint density at radius 2 is 1.92 bits per heavy atom. The highest BCUT2D eigenvalue weighted by Crippen LogP contribution is 2.21. The zero-order valence-electron chi connectivity index (χ0n) is 15.3. The van der Waals surface area contributed by atoms with Crippen LogP contribution in [0.1, 0.15) is 31.2 Å². The van der Waals surface area contributed by atoms with Crippen molar-refractivity contribution in [3.8, 4) is 5.75 Å². The third-order valence-electron chi connectivity index (χ3n) is 5.21. The molecule has 1 aromatic carbocycles. The zero-order valence-corrected chi connectivity index (χ0v) is 16.1. The van der Waals surface area contributed by atoms with Crippen molar-refractivity contribution >= 4 is 17.7 Å². The number of benzene rings is 1. The monoisotopic (exact) mass is 362 g/mol. The lowest BCUT2D eigenvalue weighted by Crippen LogP contribution is -2.47. The minimum atomic E-state index is 0.322. The number of likely N-dealkylation sites (tertiary alicyclic amines) is 1. The normalized spacial score (nSPS) is 22.0. The van der Waals surface area contributed by atoms with Crippen LogP contribution in [-0.2, 0) is 11.2 Å². The predicted octanol–water partition coefficient (Wildman–Crippen LogP) is 3.06. The maximum absolute atomic E-state index is 12.9. The van der Waals surface area contributed by atoms with Gasteiger partial charge in [-0.1, -0.05) is 12.1 Å². The number of hydrogen-bond donors (Lipinski definition) is 0. The molecule has 138 valence electrons. The standard InChI is InChI=1S/C20H30N2O2S/c1-24-19-8-5-17(6-9-19)7-10-20(23)22-13-4-14-25-16-18(22)15-21-11-2-3-12-21/h5-6,8-9,18H,2-4,7,10-16H2,1H3. The quantitative estimate of drug-likeness (QED) is 0.779. The van der Waals surface area contributed by atoms with Crippen molar-refractivity contribution in [2.24, 2.45) is 0 Å². The van der Waals surface area contributed by atoms with Gasteiger partial charge in [0.1, 0.15) is 5.75 Å². The van der Waals surface area contributed by atoms with Crippen molar-refractivity contribution in [2.45, 2.75) is 38.1 Å². The summed E-state index contributed by atoms with van der Waals surface area (Å²) in [4.78, 5) is 17.6. The lowest BCUT2D eigenvalue weighted by atomic mass is 10.1. The Hall–Kier alpha value is -1.20. The van der Waals surface area contributed by atoms with E-state index in [0.717, 1.165) is 37.4 Å². The van der Waals surface area contributed by atoms with E-state index in [9.17, 15) is 4.79 Å². The van der Waals surface area contributed by atoms with Gasteiger partial charge in [-0.25, -0.2) is 0 Å². The van der Waals surface area contributed by atoms with E-state index in [1.165, 1.54) is 37.2 Å². The van der Waals surface area contributed by atoms with Crippen LogP contribution in [0, 0.1) is 0 Å². The molecule has 0 radical (unpaired) electrons. The van der Waals surface area contributed by atoms with Gasteiger partial charge in [-0.2, -0.15) is 11.8 Å². The number of hydrogen-bond acceptors (Lipinski definition) is 4. The van der Waals surface area contributed by atoms with E-state index in [4.69, 9.17) is 4.74 Å². The van der Waals surface area contributed by atoms with Gasteiger partial charge < -0.3 is 14.5 Å². The molecule has 0 aliphatic carbocycles. The van der Waals surface area contributed by atoms with Crippen LogP contribution in [0.15, 0.2) is 24.3 Å². The number of amides is 1. The molecule has 1 atom stereocenters. The van der Waals surface area contributed by atoms with Crippen LogP contribution in [0.4, 0.5) is 0 Å². The summed E-state index contributed by atoms with van der Waals surface area (Å²) in [5.74, 6) is 3.46. The summed E-state index contributed by atoms with van der Waals surface area (Å²) in [6.45, 7) is 4.39. The molecule has 1 amide bonds. The van der Waals surface area contributed by atoms with Gasteiger partial charge in [0.05, 0.1) is 13.2 Å². The third kappa shape index (κ3) is 5.38. The second-order valence-electron chi connectivity index (χ2n) is 7.03. The molecular formula is C20H30N2O2S. The largest absolute Gasteiger partial charge is 0.497 e. The van der Waals surface area contributed by atoms with Gasteiger partial charge in [0, 0.05) is 25.3 Å². The molecule has 1 aromatic rings. The number of carbonyl (C=O) groups excluding carboxylic acids is 1. The van der Waals surface area contributed by atoms with Gasteiger partial charge in [-0.05, 0) is 62.2 Å². The highest BCUT2D eigenvalue weighted by Gasteiger charge is 2.28. The number of methoxy groups -OCH3 is 1. The van der Waals surface area contributed by atoms with E-state index in [2.05, 4.69) is 21.9 Å². The highest BCUT2D eigenvalue weighted by molar-refractivity contribution is 7.99. The first kappa shape index (κ1) is 18.6. The van der Waals surface area contributed by atoms with Crippen LogP contribution in [0.5, 0.6) is 5.75 Å². The number of nitrogens with zero attached hydrogens (tertiary/aromatic N) is 2. The molecule has 1 unspecified atom stereocenters. The van der Waals surface area contributed by atoms with E-state index in [-0.39, 0.29) is 0 Å². The van der Waals surface area contributed by atoms with Crippen molar-refractivity contribution < 1.29 is 9.53 Å². The van der Waals surface area contributed by atoms with Crippen LogP contribution in [-0.4, -0.2) is 66.5 Å². The fraction of sp³-hybridized carbons (Fsp3) is 0.650. The fourth-order valence-corrected chi connectivity index (χ4v) is 4.82. The molecule has 3 rings (SSSR count). The molecule has 0 bridgehead atoms. The lowest BCUT2D eigenvalue weighted by Gasteiger charge is -2.33. The molecule has 0 aromatic heterocycles. The maximum atomic E-state index is 12.9. The minimum absolute atomic E-state index is 0.322. The average molecular weight is 363 g/mol. The topological polar surface area (TPSA) is 32.8 Å². The van der Waals surface area contributed by atoms with Crippen LogP contribution < -0.4 is 4.74 Å². The fourth-order valence-electron chi connectivity index (χ4n) is 3.76. The van der Waals surface area contributed by atoms with Crippen molar-refractivity contribution in [1.82, 2.24) is 9.80 Å². The Morgan fingerprint density at radius 3 is 2.64 bits per heavy atom.